The number of furan rings is 1. The Morgan fingerprint density at radius 3 is 2.88 bits per heavy atom. The molecule has 0 saturated heterocycles. The molecule has 4 rings (SSSR count). The van der Waals surface area contributed by atoms with Gasteiger partial charge in [-0.1, -0.05) is 6.42 Å². The fraction of sp³-hybridized carbons (Fsp3) is 0.278. The molecule has 0 atom stereocenters. The lowest BCUT2D eigenvalue weighted by Crippen LogP contribution is -2.12. The van der Waals surface area contributed by atoms with Gasteiger partial charge < -0.3 is 14.3 Å². The molecule has 1 N–H and O–H groups in total. The summed E-state index contributed by atoms with van der Waals surface area (Å²) in [6, 6.07) is 7.66. The van der Waals surface area contributed by atoms with Crippen LogP contribution in [0, 0.1) is 5.82 Å². The largest absolute Gasteiger partial charge is 0.444 e. The van der Waals surface area contributed by atoms with Crippen molar-refractivity contribution in [2.45, 2.75) is 32.2 Å². The van der Waals surface area contributed by atoms with Gasteiger partial charge in [-0.25, -0.2) is 4.39 Å². The summed E-state index contributed by atoms with van der Waals surface area (Å²) in [6.07, 6.45) is 4.22. The van der Waals surface area contributed by atoms with Crippen LogP contribution in [0.1, 0.15) is 35.6 Å². The Hall–Kier alpha value is -2.48. The minimum Gasteiger partial charge on any atom is -0.444 e. The van der Waals surface area contributed by atoms with Gasteiger partial charge in [0.15, 0.2) is 16.3 Å². The smallest absolute Gasteiger partial charge is 0.291 e. The number of carbonyl (C=O) groups is 1. The number of rotatable bonds is 3. The van der Waals surface area contributed by atoms with Crippen molar-refractivity contribution in [3.8, 4) is 11.4 Å². The van der Waals surface area contributed by atoms with Gasteiger partial charge in [0.25, 0.3) is 5.91 Å². The van der Waals surface area contributed by atoms with Gasteiger partial charge in [-0.15, -0.1) is 10.2 Å². The molecular formula is C18H16BrFN4O2. The molecule has 0 aliphatic carbocycles. The number of benzene rings is 1. The van der Waals surface area contributed by atoms with E-state index in [4.69, 9.17) is 4.42 Å². The number of halogens is 2. The van der Waals surface area contributed by atoms with Crippen LogP contribution in [0.25, 0.3) is 11.4 Å². The lowest BCUT2D eigenvalue weighted by Gasteiger charge is -2.10. The summed E-state index contributed by atoms with van der Waals surface area (Å²) in [5, 5.41) is 11.1. The van der Waals surface area contributed by atoms with Crippen LogP contribution in [0.15, 0.2) is 39.4 Å². The standard InChI is InChI=1S/C18H16BrFN4O2/c19-15-8-7-14(26-15)18(25)21-13-10-11(5-6-12(13)20)17-23-22-16-4-2-1-3-9-24(16)17/h5-8,10H,1-4,9H2,(H,21,25). The zero-order chi connectivity index (χ0) is 18.1. The van der Waals surface area contributed by atoms with E-state index in [-0.39, 0.29) is 11.4 Å². The van der Waals surface area contributed by atoms with Crippen molar-refractivity contribution in [3.63, 3.8) is 0 Å². The van der Waals surface area contributed by atoms with Crippen molar-refractivity contribution in [2.75, 3.05) is 5.32 Å². The molecule has 1 aliphatic rings. The van der Waals surface area contributed by atoms with Crippen LogP contribution >= 0.6 is 15.9 Å². The summed E-state index contributed by atoms with van der Waals surface area (Å²) in [5.41, 5.74) is 0.786. The van der Waals surface area contributed by atoms with E-state index in [9.17, 15) is 9.18 Å². The second kappa shape index (κ2) is 7.03. The third-order valence-electron chi connectivity index (χ3n) is 4.38. The van der Waals surface area contributed by atoms with Crippen LogP contribution in [-0.2, 0) is 13.0 Å². The van der Waals surface area contributed by atoms with E-state index < -0.39 is 11.7 Å². The topological polar surface area (TPSA) is 73.0 Å². The normalized spacial score (nSPS) is 13.9. The maximum absolute atomic E-state index is 14.2. The maximum Gasteiger partial charge on any atom is 0.291 e. The molecule has 3 heterocycles. The van der Waals surface area contributed by atoms with E-state index in [2.05, 4.69) is 36.0 Å². The summed E-state index contributed by atoms with van der Waals surface area (Å²) in [6.45, 7) is 0.844. The van der Waals surface area contributed by atoms with Gasteiger partial charge in [-0.3, -0.25) is 4.79 Å². The van der Waals surface area contributed by atoms with Crippen molar-refractivity contribution >= 4 is 27.5 Å². The first kappa shape index (κ1) is 17.0. The highest BCUT2D eigenvalue weighted by Gasteiger charge is 2.18. The van der Waals surface area contributed by atoms with Crippen molar-refractivity contribution in [1.82, 2.24) is 14.8 Å². The van der Waals surface area contributed by atoms with Crippen molar-refractivity contribution < 1.29 is 13.6 Å². The number of nitrogens with one attached hydrogen (secondary N) is 1. The van der Waals surface area contributed by atoms with Gasteiger partial charge in [-0.05, 0) is 59.1 Å². The zero-order valence-corrected chi connectivity index (χ0v) is 15.4. The van der Waals surface area contributed by atoms with Crippen molar-refractivity contribution in [1.29, 1.82) is 0 Å². The second-order valence-electron chi connectivity index (χ2n) is 6.15. The molecule has 3 aromatic rings. The average Bonchev–Trinajstić information content (AvgIpc) is 3.17. The van der Waals surface area contributed by atoms with E-state index in [1.54, 1.807) is 18.2 Å². The van der Waals surface area contributed by atoms with E-state index in [1.807, 2.05) is 0 Å². The summed E-state index contributed by atoms with van der Waals surface area (Å²) >= 11 is 3.14. The Bertz CT molecular complexity index is 966. The molecule has 1 aliphatic heterocycles. The fourth-order valence-electron chi connectivity index (χ4n) is 3.08. The summed E-state index contributed by atoms with van der Waals surface area (Å²) < 4.78 is 21.9. The third-order valence-corrected chi connectivity index (χ3v) is 4.81. The van der Waals surface area contributed by atoms with Crippen molar-refractivity contribution in [3.05, 3.63) is 52.4 Å². The van der Waals surface area contributed by atoms with Gasteiger partial charge in [0.1, 0.15) is 11.6 Å². The molecular weight excluding hydrogens is 403 g/mol. The molecule has 8 heteroatoms. The van der Waals surface area contributed by atoms with Crippen LogP contribution < -0.4 is 5.32 Å². The molecule has 0 spiro atoms. The molecule has 2 aromatic heterocycles. The second-order valence-corrected chi connectivity index (χ2v) is 6.94. The summed E-state index contributed by atoms with van der Waals surface area (Å²) in [7, 11) is 0. The Balaban J connectivity index is 1.64. The lowest BCUT2D eigenvalue weighted by atomic mass is 10.1. The monoisotopic (exact) mass is 418 g/mol. The number of fused-ring (bicyclic) bond motifs is 1. The predicted molar refractivity (Wildman–Crippen MR) is 97.3 cm³/mol. The van der Waals surface area contributed by atoms with Gasteiger partial charge in [-0.2, -0.15) is 0 Å². The zero-order valence-electron chi connectivity index (χ0n) is 13.8. The highest BCUT2D eigenvalue weighted by atomic mass is 79.9. The van der Waals surface area contributed by atoms with Crippen LogP contribution in [-0.4, -0.2) is 20.7 Å². The minimum absolute atomic E-state index is 0.0750. The Morgan fingerprint density at radius 1 is 1.19 bits per heavy atom. The number of anilines is 1. The van der Waals surface area contributed by atoms with Crippen molar-refractivity contribution in [2.24, 2.45) is 0 Å². The van der Waals surface area contributed by atoms with E-state index in [1.165, 1.54) is 12.1 Å². The highest BCUT2D eigenvalue weighted by molar-refractivity contribution is 9.10. The molecule has 6 nitrogen and oxygen atoms in total. The van der Waals surface area contributed by atoms with Crippen LogP contribution in [0.4, 0.5) is 10.1 Å². The fourth-order valence-corrected chi connectivity index (χ4v) is 3.39. The Kier molecular flexibility index (Phi) is 4.58. The minimum atomic E-state index is -0.525. The van der Waals surface area contributed by atoms with E-state index >= 15 is 0 Å². The third kappa shape index (κ3) is 3.29. The molecule has 0 bridgehead atoms. The number of aromatic nitrogens is 3. The Labute approximate surface area is 157 Å². The van der Waals surface area contributed by atoms with Gasteiger partial charge in [0, 0.05) is 18.5 Å². The highest BCUT2D eigenvalue weighted by Crippen LogP contribution is 2.27. The number of nitrogens with zero attached hydrogens (tertiary/aromatic N) is 3. The Morgan fingerprint density at radius 2 is 2.08 bits per heavy atom. The van der Waals surface area contributed by atoms with Crippen LogP contribution in [0.3, 0.4) is 0 Å². The molecule has 26 heavy (non-hydrogen) atoms. The number of hydrogen-bond acceptors (Lipinski definition) is 4. The molecule has 0 fully saturated rings. The van der Waals surface area contributed by atoms with Gasteiger partial charge in [0.05, 0.1) is 5.69 Å². The molecule has 0 unspecified atom stereocenters. The SMILES string of the molecule is O=C(Nc1cc(-c2nnc3n2CCCCC3)ccc1F)c1ccc(Br)o1. The number of hydrogen-bond donors (Lipinski definition) is 1. The van der Waals surface area contributed by atoms with E-state index in [0.29, 0.717) is 16.1 Å². The maximum atomic E-state index is 14.2. The number of carbonyl (C=O) groups excluding carboxylic acids is 1. The summed E-state index contributed by atoms with van der Waals surface area (Å²) in [4.78, 5) is 12.2. The first-order chi connectivity index (χ1) is 12.6. The lowest BCUT2D eigenvalue weighted by molar-refractivity contribution is 0.0995. The number of amides is 1. The average molecular weight is 419 g/mol. The molecule has 0 radical (unpaired) electrons. The first-order valence-corrected chi connectivity index (χ1v) is 9.20. The summed E-state index contributed by atoms with van der Waals surface area (Å²) in [5.74, 6) is 0.694. The molecule has 1 aromatic carbocycles. The molecule has 1 amide bonds. The van der Waals surface area contributed by atoms with Gasteiger partial charge >= 0.3 is 0 Å². The predicted octanol–water partition coefficient (Wildman–Crippen LogP) is 4.42. The molecule has 0 saturated carbocycles. The van der Waals surface area contributed by atoms with Gasteiger partial charge in [0.2, 0.25) is 0 Å². The molecule has 134 valence electrons. The first-order valence-electron chi connectivity index (χ1n) is 8.40. The van der Waals surface area contributed by atoms with Crippen LogP contribution in [0.5, 0.6) is 0 Å². The quantitative estimate of drug-likeness (QED) is 0.682. The van der Waals surface area contributed by atoms with E-state index in [0.717, 1.165) is 38.1 Å². The number of aryl methyl sites for hydroxylation is 1. The van der Waals surface area contributed by atoms with Crippen LogP contribution in [0.2, 0.25) is 0 Å².